The molecule has 2 rings (SSSR count). The summed E-state index contributed by atoms with van der Waals surface area (Å²) in [5.41, 5.74) is 7.41. The van der Waals surface area contributed by atoms with Gasteiger partial charge in [0.25, 0.3) is 0 Å². The number of aromatic nitrogens is 3. The monoisotopic (exact) mass is 218 g/mol. The van der Waals surface area contributed by atoms with E-state index in [0.717, 1.165) is 17.0 Å². The van der Waals surface area contributed by atoms with Crippen LogP contribution >= 0.6 is 0 Å². The van der Waals surface area contributed by atoms with Crippen molar-refractivity contribution < 1.29 is 4.74 Å². The number of aryl methyl sites for hydroxylation is 1. The van der Waals surface area contributed by atoms with E-state index in [1.54, 1.807) is 4.68 Å². The second-order valence-corrected chi connectivity index (χ2v) is 3.52. The second-order valence-electron chi connectivity index (χ2n) is 3.52. The van der Waals surface area contributed by atoms with Crippen molar-refractivity contribution in [2.45, 2.75) is 13.2 Å². The van der Waals surface area contributed by atoms with Gasteiger partial charge in [-0.05, 0) is 17.7 Å². The highest BCUT2D eigenvalue weighted by atomic mass is 16.5. The molecule has 2 N–H and O–H groups in total. The topological polar surface area (TPSA) is 66.0 Å². The average molecular weight is 218 g/mol. The molecule has 0 aliphatic carbocycles. The lowest BCUT2D eigenvalue weighted by atomic mass is 10.2. The summed E-state index contributed by atoms with van der Waals surface area (Å²) in [6.45, 7) is 0.972. The number of nitrogens with zero attached hydrogens (tertiary/aromatic N) is 3. The molecule has 5 nitrogen and oxygen atoms in total. The summed E-state index contributed by atoms with van der Waals surface area (Å²) in [5.74, 6) is 0.808. The predicted molar refractivity (Wildman–Crippen MR) is 59.7 cm³/mol. The number of rotatable bonds is 4. The molecule has 5 heteroatoms. The summed E-state index contributed by atoms with van der Waals surface area (Å²) >= 11 is 0. The van der Waals surface area contributed by atoms with Gasteiger partial charge in [-0.2, -0.15) is 0 Å². The highest BCUT2D eigenvalue weighted by Gasteiger charge is 1.99. The van der Waals surface area contributed by atoms with E-state index in [2.05, 4.69) is 10.3 Å². The molecular formula is C11H14N4O. The van der Waals surface area contributed by atoms with Crippen LogP contribution in [-0.4, -0.2) is 15.0 Å². The number of hydrogen-bond acceptors (Lipinski definition) is 4. The lowest BCUT2D eigenvalue weighted by Crippen LogP contribution is -1.98. The first-order chi connectivity index (χ1) is 7.78. The summed E-state index contributed by atoms with van der Waals surface area (Å²) < 4.78 is 7.20. The standard InChI is InChI=1S/C11H14N4O/c1-15-7-10(13-14-15)8-16-11-4-2-9(6-12)3-5-11/h2-5,7H,6,8,12H2,1H3. The van der Waals surface area contributed by atoms with Gasteiger partial charge in [0, 0.05) is 13.6 Å². The number of nitrogens with two attached hydrogens (primary N) is 1. The Labute approximate surface area is 93.8 Å². The fourth-order valence-electron chi connectivity index (χ4n) is 1.34. The number of benzene rings is 1. The smallest absolute Gasteiger partial charge is 0.134 e. The molecule has 0 bridgehead atoms. The minimum Gasteiger partial charge on any atom is -0.487 e. The Balaban J connectivity index is 1.94. The molecule has 0 fully saturated rings. The van der Waals surface area contributed by atoms with Gasteiger partial charge in [0.15, 0.2) is 0 Å². The Hall–Kier alpha value is -1.88. The molecule has 84 valence electrons. The summed E-state index contributed by atoms with van der Waals surface area (Å²) in [6.07, 6.45) is 1.83. The van der Waals surface area contributed by atoms with Crippen LogP contribution in [0, 0.1) is 0 Å². The van der Waals surface area contributed by atoms with Crippen molar-refractivity contribution in [3.63, 3.8) is 0 Å². The minimum atomic E-state index is 0.426. The van der Waals surface area contributed by atoms with E-state index in [0.29, 0.717) is 13.2 Å². The molecule has 0 unspecified atom stereocenters. The van der Waals surface area contributed by atoms with Gasteiger partial charge in [0.2, 0.25) is 0 Å². The van der Waals surface area contributed by atoms with Gasteiger partial charge in [-0.25, -0.2) is 0 Å². The van der Waals surface area contributed by atoms with Crippen molar-refractivity contribution in [3.05, 3.63) is 41.7 Å². The van der Waals surface area contributed by atoms with Crippen LogP contribution in [0.4, 0.5) is 0 Å². The van der Waals surface area contributed by atoms with Crippen LogP contribution in [-0.2, 0) is 20.2 Å². The van der Waals surface area contributed by atoms with Crippen LogP contribution in [0.25, 0.3) is 0 Å². The molecule has 1 aromatic carbocycles. The van der Waals surface area contributed by atoms with Gasteiger partial charge in [-0.1, -0.05) is 17.3 Å². The maximum Gasteiger partial charge on any atom is 0.134 e. The van der Waals surface area contributed by atoms with Crippen LogP contribution in [0.3, 0.4) is 0 Å². The quantitative estimate of drug-likeness (QED) is 0.826. The predicted octanol–water partition coefficient (Wildman–Crippen LogP) is 0.853. The van der Waals surface area contributed by atoms with Crippen molar-refractivity contribution in [2.75, 3.05) is 0 Å². The molecule has 0 aliphatic rings. The molecule has 0 aliphatic heterocycles. The van der Waals surface area contributed by atoms with Gasteiger partial charge in [0.1, 0.15) is 18.1 Å². The SMILES string of the molecule is Cn1cc(COc2ccc(CN)cc2)nn1. The zero-order valence-corrected chi connectivity index (χ0v) is 9.13. The fourth-order valence-corrected chi connectivity index (χ4v) is 1.34. The van der Waals surface area contributed by atoms with Crippen molar-refractivity contribution in [2.24, 2.45) is 12.8 Å². The van der Waals surface area contributed by atoms with Crippen LogP contribution in [0.15, 0.2) is 30.5 Å². The molecule has 2 aromatic rings. The van der Waals surface area contributed by atoms with E-state index in [1.165, 1.54) is 0 Å². The van der Waals surface area contributed by atoms with E-state index < -0.39 is 0 Å². The number of ether oxygens (including phenoxy) is 1. The van der Waals surface area contributed by atoms with Crippen molar-refractivity contribution in [1.29, 1.82) is 0 Å². The summed E-state index contributed by atoms with van der Waals surface area (Å²) in [7, 11) is 1.83. The Morgan fingerprint density at radius 2 is 2.06 bits per heavy atom. The van der Waals surface area contributed by atoms with Crippen LogP contribution in [0.1, 0.15) is 11.3 Å². The van der Waals surface area contributed by atoms with Gasteiger partial charge in [0.05, 0.1) is 6.20 Å². The van der Waals surface area contributed by atoms with Crippen molar-refractivity contribution >= 4 is 0 Å². The van der Waals surface area contributed by atoms with Crippen LogP contribution in [0.2, 0.25) is 0 Å². The van der Waals surface area contributed by atoms with E-state index in [4.69, 9.17) is 10.5 Å². The largest absolute Gasteiger partial charge is 0.487 e. The van der Waals surface area contributed by atoms with E-state index in [1.807, 2.05) is 37.5 Å². The molecule has 16 heavy (non-hydrogen) atoms. The lowest BCUT2D eigenvalue weighted by molar-refractivity contribution is 0.301. The lowest BCUT2D eigenvalue weighted by Gasteiger charge is -2.04. The third-order valence-corrected chi connectivity index (χ3v) is 2.20. The fraction of sp³-hybridized carbons (Fsp3) is 0.273. The van der Waals surface area contributed by atoms with Gasteiger partial charge >= 0.3 is 0 Å². The van der Waals surface area contributed by atoms with Gasteiger partial charge < -0.3 is 10.5 Å². The molecule has 0 saturated heterocycles. The van der Waals surface area contributed by atoms with Crippen molar-refractivity contribution in [1.82, 2.24) is 15.0 Å². The molecule has 1 heterocycles. The second kappa shape index (κ2) is 4.76. The minimum absolute atomic E-state index is 0.426. The van der Waals surface area contributed by atoms with E-state index in [9.17, 15) is 0 Å². The van der Waals surface area contributed by atoms with Crippen molar-refractivity contribution in [3.8, 4) is 5.75 Å². The van der Waals surface area contributed by atoms with E-state index >= 15 is 0 Å². The third-order valence-electron chi connectivity index (χ3n) is 2.20. The Morgan fingerprint density at radius 3 is 2.62 bits per heavy atom. The Kier molecular flexibility index (Phi) is 3.16. The van der Waals surface area contributed by atoms with Gasteiger partial charge in [-0.15, -0.1) is 5.10 Å². The Bertz CT molecular complexity index is 449. The summed E-state index contributed by atoms with van der Waals surface area (Å²) in [4.78, 5) is 0. The average Bonchev–Trinajstić information content (AvgIpc) is 2.73. The summed E-state index contributed by atoms with van der Waals surface area (Å²) in [5, 5.41) is 7.76. The molecule has 0 amide bonds. The molecule has 0 radical (unpaired) electrons. The molecular weight excluding hydrogens is 204 g/mol. The van der Waals surface area contributed by atoms with Crippen LogP contribution < -0.4 is 10.5 Å². The van der Waals surface area contributed by atoms with E-state index in [-0.39, 0.29) is 0 Å². The highest BCUT2D eigenvalue weighted by molar-refractivity contribution is 5.27. The van der Waals surface area contributed by atoms with Crippen LogP contribution in [0.5, 0.6) is 5.75 Å². The zero-order chi connectivity index (χ0) is 11.4. The third kappa shape index (κ3) is 2.58. The maximum atomic E-state index is 5.55. The Morgan fingerprint density at radius 1 is 1.31 bits per heavy atom. The van der Waals surface area contributed by atoms with Gasteiger partial charge in [-0.3, -0.25) is 4.68 Å². The first kappa shape index (κ1) is 10.6. The normalized spacial score (nSPS) is 10.4. The zero-order valence-electron chi connectivity index (χ0n) is 9.13. The maximum absolute atomic E-state index is 5.55. The molecule has 0 spiro atoms. The molecule has 0 saturated carbocycles. The first-order valence-electron chi connectivity index (χ1n) is 5.05. The molecule has 0 atom stereocenters. The highest BCUT2D eigenvalue weighted by Crippen LogP contribution is 2.13. The number of hydrogen-bond donors (Lipinski definition) is 1. The first-order valence-corrected chi connectivity index (χ1v) is 5.05. The summed E-state index contributed by atoms with van der Waals surface area (Å²) in [6, 6.07) is 7.70. The molecule has 1 aromatic heterocycles.